The summed E-state index contributed by atoms with van der Waals surface area (Å²) >= 11 is 0. The first-order chi connectivity index (χ1) is 12.2. The molecule has 2 heterocycles. The van der Waals surface area contributed by atoms with E-state index in [1.807, 2.05) is 23.2 Å². The Labute approximate surface area is 151 Å². The van der Waals surface area contributed by atoms with Crippen LogP contribution < -0.4 is 5.32 Å². The van der Waals surface area contributed by atoms with Crippen molar-refractivity contribution in [2.45, 2.75) is 57.2 Å². The molecule has 136 valence electrons. The van der Waals surface area contributed by atoms with E-state index in [2.05, 4.69) is 40.5 Å². The fourth-order valence-corrected chi connectivity index (χ4v) is 3.78. The molecule has 0 saturated carbocycles. The summed E-state index contributed by atoms with van der Waals surface area (Å²) in [5.74, 6) is 0. The zero-order chi connectivity index (χ0) is 17.5. The van der Waals surface area contributed by atoms with Gasteiger partial charge in [-0.25, -0.2) is 4.79 Å². The molecule has 1 aliphatic carbocycles. The summed E-state index contributed by atoms with van der Waals surface area (Å²) in [6, 6.07) is 6.89. The number of urea groups is 1. The van der Waals surface area contributed by atoms with Crippen molar-refractivity contribution in [2.24, 2.45) is 0 Å². The Morgan fingerprint density at radius 1 is 1.28 bits per heavy atom. The topological polar surface area (TPSA) is 48.5 Å². The van der Waals surface area contributed by atoms with Crippen LogP contribution in [0.2, 0.25) is 0 Å². The van der Waals surface area contributed by atoms with Gasteiger partial charge in [0.05, 0.1) is 5.69 Å². The molecular formula is C20H30N4O. The van der Waals surface area contributed by atoms with Crippen LogP contribution in [-0.2, 0) is 6.54 Å². The molecule has 0 bridgehead atoms. The maximum Gasteiger partial charge on any atom is 0.317 e. The van der Waals surface area contributed by atoms with Crippen molar-refractivity contribution in [3.8, 4) is 0 Å². The van der Waals surface area contributed by atoms with Gasteiger partial charge in [-0.05, 0) is 57.7 Å². The van der Waals surface area contributed by atoms with Gasteiger partial charge in [-0.1, -0.05) is 18.2 Å². The maximum atomic E-state index is 12.5. The number of nitrogens with one attached hydrogen (secondary N) is 1. The van der Waals surface area contributed by atoms with Gasteiger partial charge >= 0.3 is 6.03 Å². The highest BCUT2D eigenvalue weighted by Gasteiger charge is 2.24. The first kappa shape index (κ1) is 17.9. The van der Waals surface area contributed by atoms with Crippen LogP contribution in [0.25, 0.3) is 0 Å². The Hall–Kier alpha value is -1.88. The molecule has 2 aliphatic rings. The molecule has 0 aromatic carbocycles. The highest BCUT2D eigenvalue weighted by atomic mass is 16.2. The predicted octanol–water partition coefficient (Wildman–Crippen LogP) is 3.19. The number of pyridine rings is 1. The Morgan fingerprint density at radius 3 is 2.96 bits per heavy atom. The number of aromatic nitrogens is 1. The molecule has 1 fully saturated rings. The van der Waals surface area contributed by atoms with Crippen LogP contribution in [0.3, 0.4) is 0 Å². The van der Waals surface area contributed by atoms with E-state index in [0.29, 0.717) is 6.04 Å². The second kappa shape index (κ2) is 8.99. The minimum Gasteiger partial charge on any atom is -0.332 e. The van der Waals surface area contributed by atoms with E-state index in [4.69, 9.17) is 0 Å². The fraction of sp³-hybridized carbons (Fsp3) is 0.600. The number of likely N-dealkylation sites (tertiary alicyclic amines) is 1. The van der Waals surface area contributed by atoms with E-state index in [-0.39, 0.29) is 12.1 Å². The summed E-state index contributed by atoms with van der Waals surface area (Å²) in [7, 11) is 2.17. The van der Waals surface area contributed by atoms with E-state index < -0.39 is 0 Å². The number of allylic oxidation sites excluding steroid dienone is 1. The highest BCUT2D eigenvalue weighted by Crippen LogP contribution is 2.18. The molecule has 2 atom stereocenters. The lowest BCUT2D eigenvalue weighted by Gasteiger charge is -2.27. The zero-order valence-corrected chi connectivity index (χ0v) is 15.2. The van der Waals surface area contributed by atoms with Crippen LogP contribution in [0.15, 0.2) is 36.5 Å². The van der Waals surface area contributed by atoms with Crippen LogP contribution in [0, 0.1) is 0 Å². The number of carbonyl (C=O) groups is 1. The lowest BCUT2D eigenvalue weighted by molar-refractivity contribution is 0.189. The quantitative estimate of drug-likeness (QED) is 0.855. The SMILES string of the molecule is CN(Cc1ccccn1)C1CCCN(C(=O)NC2C=CCCC2)CC1. The molecule has 2 unspecified atom stereocenters. The number of hydrogen-bond acceptors (Lipinski definition) is 3. The molecule has 25 heavy (non-hydrogen) atoms. The normalized spacial score (nSPS) is 24.2. The van der Waals surface area contributed by atoms with Crippen molar-refractivity contribution in [2.75, 3.05) is 20.1 Å². The monoisotopic (exact) mass is 342 g/mol. The van der Waals surface area contributed by atoms with Gasteiger partial charge in [0.1, 0.15) is 0 Å². The number of amides is 2. The molecule has 3 rings (SSSR count). The molecule has 5 heteroatoms. The summed E-state index contributed by atoms with van der Waals surface area (Å²) in [5, 5.41) is 3.18. The van der Waals surface area contributed by atoms with E-state index in [0.717, 1.165) is 57.4 Å². The Bertz CT molecular complexity index is 574. The van der Waals surface area contributed by atoms with Gasteiger partial charge in [0.15, 0.2) is 0 Å². The molecule has 5 nitrogen and oxygen atoms in total. The van der Waals surface area contributed by atoms with Crippen LogP contribution >= 0.6 is 0 Å². The van der Waals surface area contributed by atoms with Crippen LogP contribution in [0.1, 0.15) is 44.2 Å². The molecular weight excluding hydrogens is 312 g/mol. The number of rotatable bonds is 4. The smallest absolute Gasteiger partial charge is 0.317 e. The van der Waals surface area contributed by atoms with Gasteiger partial charge in [0, 0.05) is 37.9 Å². The molecule has 2 amide bonds. The fourth-order valence-electron chi connectivity index (χ4n) is 3.78. The summed E-state index contributed by atoms with van der Waals surface area (Å²) in [4.78, 5) is 21.3. The van der Waals surface area contributed by atoms with Gasteiger partial charge in [0.2, 0.25) is 0 Å². The lowest BCUT2D eigenvalue weighted by Crippen LogP contribution is -2.45. The third-order valence-electron chi connectivity index (χ3n) is 5.31. The number of carbonyl (C=O) groups excluding carboxylic acids is 1. The van der Waals surface area contributed by atoms with Gasteiger partial charge in [-0.15, -0.1) is 0 Å². The maximum absolute atomic E-state index is 12.5. The van der Waals surface area contributed by atoms with Gasteiger partial charge in [0.25, 0.3) is 0 Å². The van der Waals surface area contributed by atoms with Crippen molar-refractivity contribution >= 4 is 6.03 Å². The molecule has 1 N–H and O–H groups in total. The van der Waals surface area contributed by atoms with Gasteiger partial charge in [-0.3, -0.25) is 9.88 Å². The number of nitrogens with zero attached hydrogens (tertiary/aromatic N) is 3. The summed E-state index contributed by atoms with van der Waals surface area (Å²) < 4.78 is 0. The van der Waals surface area contributed by atoms with Crippen molar-refractivity contribution in [3.05, 3.63) is 42.2 Å². The molecule has 0 radical (unpaired) electrons. The lowest BCUT2D eigenvalue weighted by atomic mass is 10.0. The Kier molecular flexibility index (Phi) is 6.45. The van der Waals surface area contributed by atoms with Crippen LogP contribution in [-0.4, -0.2) is 53.0 Å². The first-order valence-electron chi connectivity index (χ1n) is 9.54. The second-order valence-electron chi connectivity index (χ2n) is 7.22. The largest absolute Gasteiger partial charge is 0.332 e. The molecule has 1 aliphatic heterocycles. The first-order valence-corrected chi connectivity index (χ1v) is 9.54. The molecule has 1 saturated heterocycles. The van der Waals surface area contributed by atoms with Gasteiger partial charge in [-0.2, -0.15) is 0 Å². The molecule has 1 aromatic heterocycles. The average molecular weight is 342 g/mol. The zero-order valence-electron chi connectivity index (χ0n) is 15.2. The van der Waals surface area contributed by atoms with E-state index >= 15 is 0 Å². The summed E-state index contributed by atoms with van der Waals surface area (Å²) in [6.45, 7) is 2.56. The summed E-state index contributed by atoms with van der Waals surface area (Å²) in [5.41, 5.74) is 1.10. The van der Waals surface area contributed by atoms with Gasteiger partial charge < -0.3 is 10.2 Å². The van der Waals surface area contributed by atoms with Crippen molar-refractivity contribution in [3.63, 3.8) is 0 Å². The minimum atomic E-state index is 0.101. The standard InChI is InChI=1S/C20H30N4O/c1-23(16-18-10-5-6-13-21-18)19-11-7-14-24(15-12-19)20(25)22-17-8-3-2-4-9-17/h3,5-6,8,10,13,17,19H,2,4,7,9,11-12,14-16H2,1H3,(H,22,25). The third kappa shape index (κ3) is 5.30. The Balaban J connectivity index is 1.48. The predicted molar refractivity (Wildman–Crippen MR) is 100 cm³/mol. The second-order valence-corrected chi connectivity index (χ2v) is 7.22. The minimum absolute atomic E-state index is 0.101. The van der Waals surface area contributed by atoms with E-state index in [1.54, 1.807) is 0 Å². The average Bonchev–Trinajstić information content (AvgIpc) is 2.90. The molecule has 0 spiro atoms. The highest BCUT2D eigenvalue weighted by molar-refractivity contribution is 5.74. The van der Waals surface area contributed by atoms with Crippen LogP contribution in [0.4, 0.5) is 4.79 Å². The van der Waals surface area contributed by atoms with E-state index in [9.17, 15) is 4.79 Å². The van der Waals surface area contributed by atoms with Crippen molar-refractivity contribution in [1.29, 1.82) is 0 Å². The van der Waals surface area contributed by atoms with Crippen molar-refractivity contribution in [1.82, 2.24) is 20.1 Å². The summed E-state index contributed by atoms with van der Waals surface area (Å²) in [6.07, 6.45) is 12.8. The van der Waals surface area contributed by atoms with Crippen molar-refractivity contribution < 1.29 is 4.79 Å². The van der Waals surface area contributed by atoms with Crippen LogP contribution in [0.5, 0.6) is 0 Å². The number of hydrogen-bond donors (Lipinski definition) is 1. The third-order valence-corrected chi connectivity index (χ3v) is 5.31. The molecule has 1 aromatic rings. The van der Waals surface area contributed by atoms with E-state index in [1.165, 1.54) is 6.42 Å². The Morgan fingerprint density at radius 2 is 2.20 bits per heavy atom.